The van der Waals surface area contributed by atoms with Crippen molar-refractivity contribution in [1.82, 2.24) is 29.5 Å². The summed E-state index contributed by atoms with van der Waals surface area (Å²) < 4.78 is 2.94. The summed E-state index contributed by atoms with van der Waals surface area (Å²) in [7, 11) is 0. The number of thiazole rings is 1. The van der Waals surface area contributed by atoms with Gasteiger partial charge in [0.05, 0.1) is 21.0 Å². The van der Waals surface area contributed by atoms with Gasteiger partial charge in [-0.05, 0) is 44.9 Å². The zero-order valence-electron chi connectivity index (χ0n) is 16.9. The molecule has 0 radical (unpaired) electrons. The van der Waals surface area contributed by atoms with Gasteiger partial charge in [-0.25, -0.2) is 14.5 Å². The Labute approximate surface area is 182 Å². The lowest BCUT2D eigenvalue weighted by molar-refractivity contribution is -0.129. The van der Waals surface area contributed by atoms with E-state index < -0.39 is 0 Å². The number of carbonyl (C=O) groups is 1. The normalized spacial score (nSPS) is 17.1. The fourth-order valence-corrected chi connectivity index (χ4v) is 5.71. The van der Waals surface area contributed by atoms with E-state index in [0.717, 1.165) is 47.8 Å². The Morgan fingerprint density at radius 2 is 2.10 bits per heavy atom. The van der Waals surface area contributed by atoms with Crippen LogP contribution < -0.4 is 0 Å². The number of benzene rings is 1. The summed E-state index contributed by atoms with van der Waals surface area (Å²) in [6.07, 6.45) is 2.08. The van der Waals surface area contributed by atoms with Crippen molar-refractivity contribution < 1.29 is 4.79 Å². The Morgan fingerprint density at radius 1 is 1.23 bits per heavy atom. The molecule has 1 aliphatic rings. The number of thioether (sulfide) groups is 1. The molecular weight excluding hydrogens is 416 g/mol. The molecule has 1 aliphatic heterocycles. The minimum Gasteiger partial charge on any atom is -0.341 e. The number of aryl methyl sites for hydroxylation is 2. The Kier molecular flexibility index (Phi) is 5.16. The molecule has 0 aliphatic carbocycles. The highest BCUT2D eigenvalue weighted by atomic mass is 32.2. The number of nitrogens with zero attached hydrogens (tertiary/aromatic N) is 6. The third-order valence-electron chi connectivity index (χ3n) is 5.36. The van der Waals surface area contributed by atoms with Crippen molar-refractivity contribution in [3.63, 3.8) is 0 Å². The number of rotatable bonds is 4. The van der Waals surface area contributed by atoms with Crippen molar-refractivity contribution in [2.45, 2.75) is 37.8 Å². The summed E-state index contributed by atoms with van der Waals surface area (Å²) in [6.45, 7) is 5.46. The van der Waals surface area contributed by atoms with E-state index >= 15 is 0 Å². The van der Waals surface area contributed by atoms with Crippen molar-refractivity contribution in [2.75, 3.05) is 18.8 Å². The van der Waals surface area contributed by atoms with Gasteiger partial charge in [0.15, 0.2) is 0 Å². The smallest absolute Gasteiger partial charge is 0.253 e. The molecule has 154 valence electrons. The summed E-state index contributed by atoms with van der Waals surface area (Å²) in [5, 5.41) is 6.21. The lowest BCUT2D eigenvalue weighted by Crippen LogP contribution is -2.40. The summed E-state index contributed by atoms with van der Waals surface area (Å²) in [5.41, 5.74) is 2.95. The van der Waals surface area contributed by atoms with E-state index in [2.05, 4.69) is 27.2 Å². The van der Waals surface area contributed by atoms with E-state index in [1.165, 1.54) is 16.5 Å². The van der Waals surface area contributed by atoms with E-state index in [4.69, 9.17) is 4.98 Å². The standard InChI is InChI=1S/C21H22N6OS2/c1-13-10-14(2)27-20(22-13)24-21(25-27)29-12-18(28)26-9-5-6-15(11-26)19-23-16-7-3-4-8-17(16)30-19/h3-4,7-8,10,15H,5-6,9,11-12H2,1-2H3/t15-/m0/s1. The number of carbonyl (C=O) groups excluding carboxylic acids is 1. The molecule has 0 unspecified atom stereocenters. The zero-order chi connectivity index (χ0) is 20.7. The predicted octanol–water partition coefficient (Wildman–Crippen LogP) is 3.85. The van der Waals surface area contributed by atoms with E-state index in [-0.39, 0.29) is 5.91 Å². The molecule has 4 heterocycles. The van der Waals surface area contributed by atoms with Crippen LogP contribution in [0.3, 0.4) is 0 Å². The van der Waals surface area contributed by atoms with Crippen molar-refractivity contribution in [3.05, 3.63) is 46.7 Å². The van der Waals surface area contributed by atoms with Crippen LogP contribution in [0.4, 0.5) is 0 Å². The molecule has 30 heavy (non-hydrogen) atoms. The molecule has 0 saturated carbocycles. The number of hydrogen-bond donors (Lipinski definition) is 0. The molecule has 4 aromatic rings. The summed E-state index contributed by atoms with van der Waals surface area (Å²) in [6, 6.07) is 10.2. The van der Waals surface area contributed by atoms with Crippen molar-refractivity contribution in [1.29, 1.82) is 0 Å². The van der Waals surface area contributed by atoms with E-state index in [1.807, 2.05) is 36.9 Å². The SMILES string of the molecule is Cc1cc(C)n2nc(SCC(=O)N3CCC[C@H](c4nc5ccccc5s4)C3)nc2n1. The molecule has 5 rings (SSSR count). The van der Waals surface area contributed by atoms with Gasteiger partial charge in [0.25, 0.3) is 5.78 Å². The van der Waals surface area contributed by atoms with E-state index in [9.17, 15) is 4.79 Å². The number of fused-ring (bicyclic) bond motifs is 2. The quantitative estimate of drug-likeness (QED) is 0.451. The molecule has 0 spiro atoms. The largest absolute Gasteiger partial charge is 0.341 e. The number of likely N-dealkylation sites (tertiary alicyclic amines) is 1. The topological polar surface area (TPSA) is 76.3 Å². The molecular formula is C21H22N6OS2. The van der Waals surface area contributed by atoms with Gasteiger partial charge in [0.1, 0.15) is 0 Å². The van der Waals surface area contributed by atoms with Crippen LogP contribution in [-0.4, -0.2) is 54.2 Å². The Morgan fingerprint density at radius 3 is 2.97 bits per heavy atom. The average molecular weight is 439 g/mol. The van der Waals surface area contributed by atoms with Crippen LogP contribution in [0, 0.1) is 13.8 Å². The summed E-state index contributed by atoms with van der Waals surface area (Å²) >= 11 is 3.12. The van der Waals surface area contributed by atoms with E-state index in [0.29, 0.717) is 22.6 Å². The maximum Gasteiger partial charge on any atom is 0.253 e. The van der Waals surface area contributed by atoms with Gasteiger partial charge in [-0.3, -0.25) is 4.79 Å². The molecule has 1 aromatic carbocycles. The second-order valence-corrected chi connectivity index (χ2v) is 9.64. The van der Waals surface area contributed by atoms with Crippen molar-refractivity contribution in [3.8, 4) is 0 Å². The molecule has 1 atom stereocenters. The first-order valence-electron chi connectivity index (χ1n) is 10.0. The van der Waals surface area contributed by atoms with Gasteiger partial charge in [-0.1, -0.05) is 23.9 Å². The number of para-hydroxylation sites is 1. The number of piperidine rings is 1. The van der Waals surface area contributed by atoms with Crippen LogP contribution in [0.15, 0.2) is 35.5 Å². The minimum atomic E-state index is 0.130. The molecule has 0 bridgehead atoms. The zero-order valence-corrected chi connectivity index (χ0v) is 18.5. The van der Waals surface area contributed by atoms with Gasteiger partial charge >= 0.3 is 0 Å². The first-order valence-corrected chi connectivity index (χ1v) is 11.8. The first-order chi connectivity index (χ1) is 14.6. The third kappa shape index (κ3) is 3.79. The highest BCUT2D eigenvalue weighted by Gasteiger charge is 2.27. The van der Waals surface area contributed by atoms with Crippen molar-refractivity contribution in [2.24, 2.45) is 0 Å². The molecule has 1 amide bonds. The average Bonchev–Trinajstić information content (AvgIpc) is 3.36. The monoisotopic (exact) mass is 438 g/mol. The maximum atomic E-state index is 12.9. The minimum absolute atomic E-state index is 0.130. The molecule has 3 aromatic heterocycles. The van der Waals surface area contributed by atoms with Crippen molar-refractivity contribution >= 4 is 45.0 Å². The van der Waals surface area contributed by atoms with Gasteiger partial charge in [0, 0.05) is 30.4 Å². The highest BCUT2D eigenvalue weighted by molar-refractivity contribution is 7.99. The van der Waals surface area contributed by atoms with Crippen LogP contribution >= 0.6 is 23.1 Å². The summed E-state index contributed by atoms with van der Waals surface area (Å²) in [5.74, 6) is 1.36. The molecule has 9 heteroatoms. The molecule has 1 fully saturated rings. The van der Waals surface area contributed by atoms with Gasteiger partial charge in [-0.2, -0.15) is 4.98 Å². The Hall–Kier alpha value is -2.52. The second kappa shape index (κ2) is 7.96. The van der Waals surface area contributed by atoms with Gasteiger partial charge in [0.2, 0.25) is 11.1 Å². The molecule has 7 nitrogen and oxygen atoms in total. The lowest BCUT2D eigenvalue weighted by Gasteiger charge is -2.31. The van der Waals surface area contributed by atoms with Crippen LogP contribution in [0.25, 0.3) is 16.0 Å². The Bertz CT molecular complexity index is 1200. The molecule has 0 N–H and O–H groups in total. The highest BCUT2D eigenvalue weighted by Crippen LogP contribution is 2.33. The predicted molar refractivity (Wildman–Crippen MR) is 119 cm³/mol. The number of aromatic nitrogens is 5. The lowest BCUT2D eigenvalue weighted by atomic mass is 9.99. The number of hydrogen-bond acceptors (Lipinski definition) is 7. The van der Waals surface area contributed by atoms with Gasteiger partial charge in [-0.15, -0.1) is 16.4 Å². The van der Waals surface area contributed by atoms with Crippen LogP contribution in [0.5, 0.6) is 0 Å². The van der Waals surface area contributed by atoms with E-state index in [1.54, 1.807) is 15.9 Å². The fraction of sp³-hybridized carbons (Fsp3) is 0.381. The second-order valence-electron chi connectivity index (χ2n) is 7.63. The van der Waals surface area contributed by atoms with Crippen LogP contribution in [-0.2, 0) is 4.79 Å². The maximum absolute atomic E-state index is 12.9. The fourth-order valence-electron chi connectivity index (χ4n) is 3.90. The molecule has 1 saturated heterocycles. The van der Waals surface area contributed by atoms with Crippen LogP contribution in [0.1, 0.15) is 35.2 Å². The van der Waals surface area contributed by atoms with Gasteiger partial charge < -0.3 is 4.90 Å². The van der Waals surface area contributed by atoms with Crippen LogP contribution in [0.2, 0.25) is 0 Å². The third-order valence-corrected chi connectivity index (χ3v) is 7.38. The first kappa shape index (κ1) is 19.4. The number of amides is 1. The summed E-state index contributed by atoms with van der Waals surface area (Å²) in [4.78, 5) is 28.5. The Balaban J connectivity index is 1.25.